The monoisotopic (exact) mass is 301 g/mol. The quantitative estimate of drug-likeness (QED) is 0.348. The summed E-state index contributed by atoms with van der Waals surface area (Å²) in [7, 11) is 0. The van der Waals surface area contributed by atoms with Gasteiger partial charge in [0.15, 0.2) is 11.0 Å². The third-order valence-corrected chi connectivity index (χ3v) is 3.35. The molecule has 2 aromatic rings. The molecule has 0 amide bonds. The molecule has 0 saturated carbocycles. The highest BCUT2D eigenvalue weighted by Gasteiger charge is 2.31. The molecule has 6 N–H and O–H groups in total. The third kappa shape index (κ3) is 3.52. The lowest BCUT2D eigenvalue weighted by atomic mass is 9.98. The fraction of sp³-hybridized carbons (Fsp3) is 0.0667. The maximum atomic E-state index is 6.75. The number of hydrogen-bond donors (Lipinski definition) is 3. The average molecular weight is 302 g/mol. The number of rotatable bonds is 3. The van der Waals surface area contributed by atoms with E-state index in [-0.39, 0.29) is 11.9 Å². The van der Waals surface area contributed by atoms with E-state index >= 15 is 0 Å². The van der Waals surface area contributed by atoms with Gasteiger partial charge in [0.1, 0.15) is 0 Å². The Hall–Kier alpha value is -2.53. The highest BCUT2D eigenvalue weighted by Crippen LogP contribution is 2.38. The van der Waals surface area contributed by atoms with Crippen LogP contribution in [0, 0.1) is 0 Å². The molecule has 0 heterocycles. The van der Waals surface area contributed by atoms with Crippen molar-refractivity contribution in [2.45, 2.75) is 5.00 Å². The van der Waals surface area contributed by atoms with Gasteiger partial charge in [-0.1, -0.05) is 72.3 Å². The summed E-state index contributed by atoms with van der Waals surface area (Å²) in [6.07, 6.45) is 0. The Morgan fingerprint density at radius 1 is 0.810 bits per heavy atom. The van der Waals surface area contributed by atoms with Crippen molar-refractivity contribution < 1.29 is 0 Å². The van der Waals surface area contributed by atoms with Crippen LogP contribution in [0.25, 0.3) is 0 Å². The van der Waals surface area contributed by atoms with Crippen LogP contribution < -0.4 is 17.2 Å². The van der Waals surface area contributed by atoms with Gasteiger partial charge in [-0.15, -0.1) is 0 Å². The van der Waals surface area contributed by atoms with E-state index in [1.807, 2.05) is 60.7 Å². The Kier molecular flexibility index (Phi) is 4.45. The molecule has 0 bridgehead atoms. The summed E-state index contributed by atoms with van der Waals surface area (Å²) < 4.78 is 0. The van der Waals surface area contributed by atoms with Gasteiger partial charge in [0.2, 0.25) is 5.96 Å². The molecule has 21 heavy (non-hydrogen) atoms. The van der Waals surface area contributed by atoms with E-state index in [4.69, 9.17) is 28.8 Å². The molecule has 0 atom stereocenters. The highest BCUT2D eigenvalue weighted by molar-refractivity contribution is 6.26. The SMILES string of the molecule is NC(N)=N/C(N)=N/C(Cl)(c1ccccc1)c1ccccc1. The number of halogens is 1. The smallest absolute Gasteiger partial charge is 0.221 e. The van der Waals surface area contributed by atoms with Crippen molar-refractivity contribution in [3.05, 3.63) is 71.8 Å². The molecule has 6 heteroatoms. The van der Waals surface area contributed by atoms with Crippen LogP contribution in [0.2, 0.25) is 0 Å². The molecule has 0 radical (unpaired) electrons. The lowest BCUT2D eigenvalue weighted by molar-refractivity contribution is 0.774. The molecule has 0 aromatic heterocycles. The second kappa shape index (κ2) is 6.28. The van der Waals surface area contributed by atoms with Crippen LogP contribution in [0.5, 0.6) is 0 Å². The van der Waals surface area contributed by atoms with Crippen molar-refractivity contribution in [2.75, 3.05) is 0 Å². The Balaban J connectivity index is 2.58. The van der Waals surface area contributed by atoms with Crippen molar-refractivity contribution in [3.63, 3.8) is 0 Å². The van der Waals surface area contributed by atoms with Crippen molar-refractivity contribution in [1.82, 2.24) is 0 Å². The second-order valence-electron chi connectivity index (χ2n) is 4.36. The molecular weight excluding hydrogens is 286 g/mol. The average Bonchev–Trinajstić information content (AvgIpc) is 2.48. The molecule has 0 unspecified atom stereocenters. The second-order valence-corrected chi connectivity index (χ2v) is 4.91. The Labute approximate surface area is 128 Å². The van der Waals surface area contributed by atoms with Gasteiger partial charge in [0.05, 0.1) is 0 Å². The first kappa shape index (κ1) is 14.9. The lowest BCUT2D eigenvalue weighted by Gasteiger charge is -2.24. The van der Waals surface area contributed by atoms with Crippen LogP contribution in [-0.2, 0) is 5.00 Å². The van der Waals surface area contributed by atoms with Gasteiger partial charge in [-0.3, -0.25) is 0 Å². The molecule has 0 aliphatic rings. The summed E-state index contributed by atoms with van der Waals surface area (Å²) in [5.41, 5.74) is 17.9. The fourth-order valence-electron chi connectivity index (χ4n) is 1.93. The highest BCUT2D eigenvalue weighted by atomic mass is 35.5. The number of hydrogen-bond acceptors (Lipinski definition) is 1. The van der Waals surface area contributed by atoms with E-state index in [0.717, 1.165) is 11.1 Å². The third-order valence-electron chi connectivity index (χ3n) is 2.82. The van der Waals surface area contributed by atoms with Gasteiger partial charge in [-0.2, -0.15) is 4.99 Å². The molecule has 0 aliphatic carbocycles. The van der Waals surface area contributed by atoms with Crippen LogP contribution in [0.15, 0.2) is 70.6 Å². The van der Waals surface area contributed by atoms with E-state index in [0.29, 0.717) is 0 Å². The minimum absolute atomic E-state index is 0.0855. The summed E-state index contributed by atoms with van der Waals surface area (Å²) in [5, 5.41) is 0. The predicted molar refractivity (Wildman–Crippen MR) is 86.9 cm³/mol. The first-order chi connectivity index (χ1) is 10.0. The van der Waals surface area contributed by atoms with Crippen molar-refractivity contribution >= 4 is 23.5 Å². The lowest BCUT2D eigenvalue weighted by Crippen LogP contribution is -2.28. The van der Waals surface area contributed by atoms with Gasteiger partial charge in [0, 0.05) is 0 Å². The number of benzene rings is 2. The number of nitrogens with zero attached hydrogens (tertiary/aromatic N) is 2. The normalized spacial score (nSPS) is 12.0. The van der Waals surface area contributed by atoms with Crippen molar-refractivity contribution in [1.29, 1.82) is 0 Å². The number of aliphatic imine (C=N–C) groups is 2. The topological polar surface area (TPSA) is 103 Å². The molecule has 0 fully saturated rings. The van der Waals surface area contributed by atoms with E-state index in [1.165, 1.54) is 0 Å². The van der Waals surface area contributed by atoms with Crippen molar-refractivity contribution in [2.24, 2.45) is 27.2 Å². The number of guanidine groups is 2. The Bertz CT molecular complexity index is 609. The maximum absolute atomic E-state index is 6.75. The minimum Gasteiger partial charge on any atom is -0.370 e. The molecular formula is C15H16ClN5. The van der Waals surface area contributed by atoms with Crippen LogP contribution >= 0.6 is 11.6 Å². The summed E-state index contributed by atoms with van der Waals surface area (Å²) in [4.78, 5) is 6.84. The fourth-order valence-corrected chi connectivity index (χ4v) is 2.27. The summed E-state index contributed by atoms with van der Waals surface area (Å²) in [6.45, 7) is 0. The van der Waals surface area contributed by atoms with Crippen LogP contribution in [0.1, 0.15) is 11.1 Å². The number of nitrogens with two attached hydrogens (primary N) is 3. The molecule has 2 aromatic carbocycles. The largest absolute Gasteiger partial charge is 0.370 e. The molecule has 0 spiro atoms. The van der Waals surface area contributed by atoms with Gasteiger partial charge in [-0.25, -0.2) is 4.99 Å². The summed E-state index contributed by atoms with van der Waals surface area (Å²) in [6, 6.07) is 18.8. The Morgan fingerprint density at radius 2 is 1.24 bits per heavy atom. The minimum atomic E-state index is -1.19. The zero-order chi connectivity index (χ0) is 15.3. The zero-order valence-corrected chi connectivity index (χ0v) is 12.0. The molecule has 0 aliphatic heterocycles. The van der Waals surface area contributed by atoms with Gasteiger partial charge < -0.3 is 17.2 Å². The Morgan fingerprint density at radius 3 is 1.62 bits per heavy atom. The molecule has 108 valence electrons. The first-order valence-corrected chi connectivity index (χ1v) is 6.65. The van der Waals surface area contributed by atoms with E-state index in [2.05, 4.69) is 9.98 Å². The van der Waals surface area contributed by atoms with Crippen LogP contribution in [0.4, 0.5) is 0 Å². The van der Waals surface area contributed by atoms with Crippen molar-refractivity contribution in [3.8, 4) is 0 Å². The van der Waals surface area contributed by atoms with E-state index in [1.54, 1.807) is 0 Å². The van der Waals surface area contributed by atoms with Gasteiger partial charge in [-0.05, 0) is 11.1 Å². The molecule has 0 saturated heterocycles. The summed E-state index contributed by atoms with van der Waals surface area (Å²) in [5.74, 6) is -0.255. The predicted octanol–water partition coefficient (Wildman–Crippen LogP) is 1.71. The molecule has 5 nitrogen and oxygen atoms in total. The van der Waals surface area contributed by atoms with E-state index in [9.17, 15) is 0 Å². The van der Waals surface area contributed by atoms with Crippen LogP contribution in [-0.4, -0.2) is 11.9 Å². The zero-order valence-electron chi connectivity index (χ0n) is 11.3. The van der Waals surface area contributed by atoms with Gasteiger partial charge in [0.25, 0.3) is 0 Å². The standard InChI is InChI=1S/C15H16ClN5/c16-15(11-7-3-1-4-8-11,12-9-5-2-6-10-12)21-14(19)20-13(17)18/h1-10H,(H6,17,18,19,20,21). The summed E-state index contributed by atoms with van der Waals surface area (Å²) >= 11 is 6.75. The first-order valence-electron chi connectivity index (χ1n) is 6.27. The van der Waals surface area contributed by atoms with E-state index < -0.39 is 5.00 Å². The van der Waals surface area contributed by atoms with Gasteiger partial charge >= 0.3 is 0 Å². The molecule has 2 rings (SSSR count). The number of alkyl halides is 1. The maximum Gasteiger partial charge on any atom is 0.221 e. The van der Waals surface area contributed by atoms with Crippen LogP contribution in [0.3, 0.4) is 0 Å².